The molecule has 0 radical (unpaired) electrons. The molecule has 1 atom stereocenters. The first-order valence-corrected chi connectivity index (χ1v) is 5.14. The lowest BCUT2D eigenvalue weighted by Crippen LogP contribution is -2.19. The lowest BCUT2D eigenvalue weighted by Gasteiger charge is -2.19. The van der Waals surface area contributed by atoms with Crippen LogP contribution in [0.1, 0.15) is 20.8 Å². The van der Waals surface area contributed by atoms with Gasteiger partial charge in [0.25, 0.3) is 0 Å². The molecule has 0 spiro atoms. The molecule has 15 heavy (non-hydrogen) atoms. The molecule has 3 heteroatoms. The Kier molecular flexibility index (Phi) is 3.83. The van der Waals surface area contributed by atoms with E-state index in [4.69, 9.17) is 15.2 Å². The molecule has 0 saturated heterocycles. The molecule has 2 N–H and O–H groups in total. The van der Waals surface area contributed by atoms with E-state index >= 15 is 0 Å². The van der Waals surface area contributed by atoms with E-state index < -0.39 is 0 Å². The molecule has 0 bridgehead atoms. The van der Waals surface area contributed by atoms with Gasteiger partial charge in [-0.25, -0.2) is 0 Å². The molecule has 0 aliphatic heterocycles. The molecular weight excluding hydrogens is 190 g/mol. The molecule has 1 unspecified atom stereocenters. The Morgan fingerprint density at radius 3 is 2.40 bits per heavy atom. The first-order chi connectivity index (χ1) is 7.04. The maximum absolute atomic E-state index is 5.81. The summed E-state index contributed by atoms with van der Waals surface area (Å²) in [6.45, 7) is 6.26. The van der Waals surface area contributed by atoms with Gasteiger partial charge in [-0.05, 0) is 25.0 Å². The number of anilines is 1. The van der Waals surface area contributed by atoms with Crippen LogP contribution in [0.15, 0.2) is 18.2 Å². The monoisotopic (exact) mass is 209 g/mol. The molecule has 0 aromatic heterocycles. The van der Waals surface area contributed by atoms with Crippen molar-refractivity contribution in [2.75, 3.05) is 12.8 Å². The highest BCUT2D eigenvalue weighted by molar-refractivity contribution is 5.55. The molecule has 1 rings (SSSR count). The van der Waals surface area contributed by atoms with E-state index in [9.17, 15) is 0 Å². The van der Waals surface area contributed by atoms with Crippen LogP contribution in [0.4, 0.5) is 5.69 Å². The van der Waals surface area contributed by atoms with Crippen LogP contribution < -0.4 is 15.2 Å². The number of rotatable bonds is 4. The largest absolute Gasteiger partial charge is 0.497 e. The maximum Gasteiger partial charge on any atom is 0.146 e. The first kappa shape index (κ1) is 11.7. The number of methoxy groups -OCH3 is 1. The van der Waals surface area contributed by atoms with Crippen molar-refractivity contribution in [1.82, 2.24) is 0 Å². The minimum Gasteiger partial charge on any atom is -0.497 e. The molecule has 0 amide bonds. The standard InChI is InChI=1S/C12H19NO2/c1-8(2)9(3)15-12-7-10(14-4)5-6-11(12)13/h5-9H,13H2,1-4H3. The fourth-order valence-electron chi connectivity index (χ4n) is 1.08. The zero-order valence-corrected chi connectivity index (χ0v) is 9.78. The van der Waals surface area contributed by atoms with Crippen molar-refractivity contribution in [3.63, 3.8) is 0 Å². The zero-order valence-electron chi connectivity index (χ0n) is 9.78. The summed E-state index contributed by atoms with van der Waals surface area (Å²) in [6, 6.07) is 5.43. The van der Waals surface area contributed by atoms with Crippen molar-refractivity contribution in [3.05, 3.63) is 18.2 Å². The van der Waals surface area contributed by atoms with Crippen LogP contribution in [0.5, 0.6) is 11.5 Å². The van der Waals surface area contributed by atoms with Gasteiger partial charge in [-0.1, -0.05) is 13.8 Å². The molecule has 0 fully saturated rings. The minimum absolute atomic E-state index is 0.138. The Hall–Kier alpha value is -1.38. The Labute approximate surface area is 91.2 Å². The summed E-state index contributed by atoms with van der Waals surface area (Å²) in [7, 11) is 1.63. The zero-order chi connectivity index (χ0) is 11.4. The second-order valence-corrected chi connectivity index (χ2v) is 3.97. The number of nitrogen functional groups attached to an aromatic ring is 1. The van der Waals surface area contributed by atoms with Crippen LogP contribution in [0.25, 0.3) is 0 Å². The Morgan fingerprint density at radius 1 is 1.20 bits per heavy atom. The molecule has 84 valence electrons. The van der Waals surface area contributed by atoms with Crippen molar-refractivity contribution in [3.8, 4) is 11.5 Å². The summed E-state index contributed by atoms with van der Waals surface area (Å²) in [6.07, 6.45) is 0.138. The van der Waals surface area contributed by atoms with Crippen LogP contribution in [0.2, 0.25) is 0 Å². The molecule has 0 aliphatic carbocycles. The van der Waals surface area contributed by atoms with E-state index in [2.05, 4.69) is 13.8 Å². The minimum atomic E-state index is 0.138. The quantitative estimate of drug-likeness (QED) is 0.775. The number of hydrogen-bond acceptors (Lipinski definition) is 3. The van der Waals surface area contributed by atoms with Gasteiger partial charge in [0.2, 0.25) is 0 Å². The molecule has 0 heterocycles. The van der Waals surface area contributed by atoms with Crippen LogP contribution in [0, 0.1) is 5.92 Å². The third-order valence-electron chi connectivity index (χ3n) is 2.47. The summed E-state index contributed by atoms with van der Waals surface area (Å²) in [5.74, 6) is 1.90. The highest BCUT2D eigenvalue weighted by atomic mass is 16.5. The lowest BCUT2D eigenvalue weighted by molar-refractivity contribution is 0.171. The molecule has 0 saturated carbocycles. The number of hydrogen-bond donors (Lipinski definition) is 1. The van der Waals surface area contributed by atoms with Gasteiger partial charge < -0.3 is 15.2 Å². The average Bonchev–Trinajstić information content (AvgIpc) is 2.21. The van der Waals surface area contributed by atoms with Gasteiger partial charge in [0.1, 0.15) is 11.5 Å². The van der Waals surface area contributed by atoms with Gasteiger partial charge in [-0.3, -0.25) is 0 Å². The summed E-state index contributed by atoms with van der Waals surface area (Å²) in [5.41, 5.74) is 6.45. The predicted octanol–water partition coefficient (Wildman–Crippen LogP) is 2.70. The highest BCUT2D eigenvalue weighted by Crippen LogP contribution is 2.28. The SMILES string of the molecule is COc1ccc(N)c(OC(C)C(C)C)c1. The first-order valence-electron chi connectivity index (χ1n) is 5.14. The van der Waals surface area contributed by atoms with Crippen LogP contribution in [-0.2, 0) is 0 Å². The van der Waals surface area contributed by atoms with Crippen molar-refractivity contribution < 1.29 is 9.47 Å². The van der Waals surface area contributed by atoms with Crippen molar-refractivity contribution in [2.24, 2.45) is 5.92 Å². The third-order valence-corrected chi connectivity index (χ3v) is 2.47. The van der Waals surface area contributed by atoms with E-state index in [0.717, 1.165) is 5.75 Å². The summed E-state index contributed by atoms with van der Waals surface area (Å²) < 4.78 is 10.9. The van der Waals surface area contributed by atoms with Gasteiger partial charge in [-0.2, -0.15) is 0 Å². The van der Waals surface area contributed by atoms with Crippen molar-refractivity contribution in [1.29, 1.82) is 0 Å². The van der Waals surface area contributed by atoms with E-state index in [1.165, 1.54) is 0 Å². The Balaban J connectivity index is 2.83. The fraction of sp³-hybridized carbons (Fsp3) is 0.500. The molecule has 0 aliphatic rings. The normalized spacial score (nSPS) is 12.6. The van der Waals surface area contributed by atoms with Gasteiger partial charge in [0.05, 0.1) is 18.9 Å². The second kappa shape index (κ2) is 4.91. The van der Waals surface area contributed by atoms with E-state index in [0.29, 0.717) is 17.4 Å². The highest BCUT2D eigenvalue weighted by Gasteiger charge is 2.11. The van der Waals surface area contributed by atoms with Crippen LogP contribution in [0.3, 0.4) is 0 Å². The van der Waals surface area contributed by atoms with Crippen molar-refractivity contribution in [2.45, 2.75) is 26.9 Å². The van der Waals surface area contributed by atoms with Crippen LogP contribution in [-0.4, -0.2) is 13.2 Å². The molecule has 1 aromatic carbocycles. The van der Waals surface area contributed by atoms with E-state index in [-0.39, 0.29) is 6.10 Å². The topological polar surface area (TPSA) is 44.5 Å². The average molecular weight is 209 g/mol. The summed E-state index contributed by atoms with van der Waals surface area (Å²) >= 11 is 0. The van der Waals surface area contributed by atoms with Crippen molar-refractivity contribution >= 4 is 5.69 Å². The van der Waals surface area contributed by atoms with Gasteiger partial charge in [-0.15, -0.1) is 0 Å². The smallest absolute Gasteiger partial charge is 0.146 e. The van der Waals surface area contributed by atoms with Crippen LogP contribution >= 0.6 is 0 Å². The summed E-state index contributed by atoms with van der Waals surface area (Å²) in [5, 5.41) is 0. The molecule has 1 aromatic rings. The predicted molar refractivity (Wildman–Crippen MR) is 62.3 cm³/mol. The number of nitrogens with two attached hydrogens (primary N) is 1. The second-order valence-electron chi connectivity index (χ2n) is 3.97. The third kappa shape index (κ3) is 3.05. The number of ether oxygens (including phenoxy) is 2. The van der Waals surface area contributed by atoms with Gasteiger partial charge in [0, 0.05) is 6.07 Å². The van der Waals surface area contributed by atoms with Gasteiger partial charge in [0.15, 0.2) is 0 Å². The lowest BCUT2D eigenvalue weighted by atomic mass is 10.1. The van der Waals surface area contributed by atoms with E-state index in [1.54, 1.807) is 13.2 Å². The van der Waals surface area contributed by atoms with Gasteiger partial charge >= 0.3 is 0 Å². The maximum atomic E-state index is 5.81. The Bertz CT molecular complexity index is 323. The fourth-order valence-corrected chi connectivity index (χ4v) is 1.08. The Morgan fingerprint density at radius 2 is 1.87 bits per heavy atom. The summed E-state index contributed by atoms with van der Waals surface area (Å²) in [4.78, 5) is 0. The molecule has 3 nitrogen and oxygen atoms in total. The molecular formula is C12H19NO2. The van der Waals surface area contributed by atoms with E-state index in [1.807, 2.05) is 19.1 Å². The number of benzene rings is 1.